The van der Waals surface area contributed by atoms with Crippen LogP contribution in [0.5, 0.6) is 0 Å². The number of fused-ring (bicyclic) bond motifs is 1. The lowest BCUT2D eigenvalue weighted by molar-refractivity contribution is 0.0198. The molecular weight excluding hydrogens is 411 g/mol. The summed E-state index contributed by atoms with van der Waals surface area (Å²) in [6.45, 7) is 0.309. The first-order valence-corrected chi connectivity index (χ1v) is 9.59. The summed E-state index contributed by atoms with van der Waals surface area (Å²) in [5.41, 5.74) is 1.43. The van der Waals surface area contributed by atoms with E-state index in [0.29, 0.717) is 21.7 Å². The molecule has 0 aliphatic rings. The van der Waals surface area contributed by atoms with E-state index in [1.54, 1.807) is 18.2 Å². The van der Waals surface area contributed by atoms with Crippen LogP contribution in [0.3, 0.4) is 0 Å². The van der Waals surface area contributed by atoms with Gasteiger partial charge in [-0.1, -0.05) is 29.8 Å². The Balaban J connectivity index is 1.45. The highest BCUT2D eigenvalue weighted by molar-refractivity contribution is 6.31. The standard InChI is InChI=1S/C21H18ClFN4O3/c22-19-4-2-1-3-14(19)11-30-12-17(28)10-26-13-24-20-18(21(26)29)9-25-27(20)16-7-5-15(23)6-8-16/h1-9,13,17,28H,10-12H2. The number of nitrogens with zero attached hydrogens (tertiary/aromatic N) is 4. The van der Waals surface area contributed by atoms with E-state index in [1.807, 2.05) is 18.2 Å². The summed E-state index contributed by atoms with van der Waals surface area (Å²) in [6, 6.07) is 13.0. The molecule has 9 heteroatoms. The Bertz CT molecular complexity index is 1220. The number of ether oxygens (including phenoxy) is 1. The molecule has 4 rings (SSSR count). The van der Waals surface area contributed by atoms with Crippen LogP contribution in [0.15, 0.2) is 65.8 Å². The maximum absolute atomic E-state index is 13.1. The third kappa shape index (κ3) is 4.25. The molecule has 30 heavy (non-hydrogen) atoms. The molecule has 1 N–H and O–H groups in total. The van der Waals surface area contributed by atoms with Crippen molar-refractivity contribution in [1.29, 1.82) is 0 Å². The fourth-order valence-electron chi connectivity index (χ4n) is 3.05. The zero-order valence-corrected chi connectivity index (χ0v) is 16.5. The number of aromatic nitrogens is 4. The highest BCUT2D eigenvalue weighted by Gasteiger charge is 2.14. The van der Waals surface area contributed by atoms with Crippen molar-refractivity contribution < 1.29 is 14.2 Å². The van der Waals surface area contributed by atoms with E-state index in [-0.39, 0.29) is 31.1 Å². The van der Waals surface area contributed by atoms with Crippen LogP contribution < -0.4 is 5.56 Å². The molecule has 0 amide bonds. The van der Waals surface area contributed by atoms with Crippen molar-refractivity contribution in [1.82, 2.24) is 19.3 Å². The van der Waals surface area contributed by atoms with E-state index in [2.05, 4.69) is 10.1 Å². The minimum Gasteiger partial charge on any atom is -0.389 e. The summed E-state index contributed by atoms with van der Waals surface area (Å²) in [7, 11) is 0. The second-order valence-electron chi connectivity index (χ2n) is 6.73. The summed E-state index contributed by atoms with van der Waals surface area (Å²) in [6.07, 6.45) is 1.85. The minimum atomic E-state index is -0.906. The quantitative estimate of drug-likeness (QED) is 0.489. The lowest BCUT2D eigenvalue weighted by Gasteiger charge is -2.13. The van der Waals surface area contributed by atoms with E-state index < -0.39 is 6.10 Å². The Morgan fingerprint density at radius 3 is 2.70 bits per heavy atom. The molecule has 0 fully saturated rings. The van der Waals surface area contributed by atoms with Gasteiger partial charge in [-0.05, 0) is 35.9 Å². The molecule has 0 saturated carbocycles. The molecule has 2 aromatic heterocycles. The number of aliphatic hydroxyl groups excluding tert-OH is 1. The van der Waals surface area contributed by atoms with Gasteiger partial charge in [0.25, 0.3) is 5.56 Å². The SMILES string of the molecule is O=c1c2cnn(-c3ccc(F)cc3)c2ncn1CC(O)COCc1ccccc1Cl. The van der Waals surface area contributed by atoms with Crippen LogP contribution in [0.2, 0.25) is 5.02 Å². The van der Waals surface area contributed by atoms with Crippen LogP contribution >= 0.6 is 11.6 Å². The molecule has 4 aromatic rings. The first-order chi connectivity index (χ1) is 14.5. The van der Waals surface area contributed by atoms with Crippen molar-refractivity contribution in [3.8, 4) is 5.69 Å². The number of hydrogen-bond donors (Lipinski definition) is 1. The molecule has 0 bridgehead atoms. The minimum absolute atomic E-state index is 0.0199. The van der Waals surface area contributed by atoms with Crippen molar-refractivity contribution in [2.75, 3.05) is 6.61 Å². The molecular formula is C21H18ClFN4O3. The number of rotatable bonds is 7. The molecule has 2 heterocycles. The summed E-state index contributed by atoms with van der Waals surface area (Å²) >= 11 is 6.08. The maximum atomic E-state index is 13.1. The molecule has 7 nitrogen and oxygen atoms in total. The molecule has 0 aliphatic heterocycles. The normalized spacial score (nSPS) is 12.4. The van der Waals surface area contributed by atoms with Crippen molar-refractivity contribution in [2.45, 2.75) is 19.3 Å². The second-order valence-corrected chi connectivity index (χ2v) is 7.14. The Morgan fingerprint density at radius 1 is 1.17 bits per heavy atom. The summed E-state index contributed by atoms with van der Waals surface area (Å²) in [5, 5.41) is 15.3. The average molecular weight is 429 g/mol. The second kappa shape index (κ2) is 8.74. The van der Waals surface area contributed by atoms with Gasteiger partial charge in [0.15, 0.2) is 5.65 Å². The fraction of sp³-hybridized carbons (Fsp3) is 0.190. The lowest BCUT2D eigenvalue weighted by atomic mass is 10.2. The van der Waals surface area contributed by atoms with Gasteiger partial charge in [-0.3, -0.25) is 9.36 Å². The van der Waals surface area contributed by atoms with Gasteiger partial charge in [-0.2, -0.15) is 5.10 Å². The molecule has 1 atom stereocenters. The number of hydrogen-bond acceptors (Lipinski definition) is 5. The van der Waals surface area contributed by atoms with Crippen LogP contribution in [0.25, 0.3) is 16.7 Å². The predicted octanol–water partition coefficient (Wildman–Crippen LogP) is 2.95. The van der Waals surface area contributed by atoms with Gasteiger partial charge >= 0.3 is 0 Å². The molecule has 154 valence electrons. The zero-order valence-electron chi connectivity index (χ0n) is 15.8. The van der Waals surface area contributed by atoms with Crippen molar-refractivity contribution in [3.05, 3.63) is 87.8 Å². The fourth-order valence-corrected chi connectivity index (χ4v) is 3.24. The molecule has 0 saturated heterocycles. The third-order valence-electron chi connectivity index (χ3n) is 4.56. The van der Waals surface area contributed by atoms with Crippen molar-refractivity contribution >= 4 is 22.6 Å². The first kappa shape index (κ1) is 20.2. The Hall–Kier alpha value is -3.07. The summed E-state index contributed by atoms with van der Waals surface area (Å²) in [4.78, 5) is 17.0. The van der Waals surface area contributed by atoms with Gasteiger partial charge in [0.2, 0.25) is 0 Å². The number of aliphatic hydroxyl groups is 1. The summed E-state index contributed by atoms with van der Waals surface area (Å²) < 4.78 is 21.4. The molecule has 0 aliphatic carbocycles. The Labute approximate surface area is 175 Å². The van der Waals surface area contributed by atoms with Crippen LogP contribution in [0, 0.1) is 5.82 Å². The molecule has 0 radical (unpaired) electrons. The van der Waals surface area contributed by atoms with Crippen molar-refractivity contribution in [2.24, 2.45) is 0 Å². The average Bonchev–Trinajstić information content (AvgIpc) is 3.17. The lowest BCUT2D eigenvalue weighted by Crippen LogP contribution is -2.29. The van der Waals surface area contributed by atoms with Crippen molar-refractivity contribution in [3.63, 3.8) is 0 Å². The van der Waals surface area contributed by atoms with Gasteiger partial charge in [-0.15, -0.1) is 0 Å². The van der Waals surface area contributed by atoms with Crippen LogP contribution in [-0.2, 0) is 17.9 Å². The number of halogens is 2. The zero-order chi connectivity index (χ0) is 21.1. The smallest absolute Gasteiger partial charge is 0.264 e. The van der Waals surface area contributed by atoms with Crippen LogP contribution in [-0.4, -0.2) is 37.1 Å². The Kier molecular flexibility index (Phi) is 5.89. The summed E-state index contributed by atoms with van der Waals surface area (Å²) in [5.74, 6) is -0.365. The van der Waals surface area contributed by atoms with E-state index in [0.717, 1.165) is 5.56 Å². The maximum Gasteiger partial charge on any atom is 0.264 e. The van der Waals surface area contributed by atoms with E-state index in [1.165, 1.54) is 33.9 Å². The van der Waals surface area contributed by atoms with Gasteiger partial charge < -0.3 is 9.84 Å². The van der Waals surface area contributed by atoms with Crippen LogP contribution in [0.1, 0.15) is 5.56 Å². The molecule has 0 spiro atoms. The Morgan fingerprint density at radius 2 is 1.93 bits per heavy atom. The predicted molar refractivity (Wildman–Crippen MR) is 110 cm³/mol. The van der Waals surface area contributed by atoms with Gasteiger partial charge in [-0.25, -0.2) is 14.1 Å². The van der Waals surface area contributed by atoms with Gasteiger partial charge in [0, 0.05) is 5.02 Å². The first-order valence-electron chi connectivity index (χ1n) is 9.21. The van der Waals surface area contributed by atoms with E-state index in [9.17, 15) is 14.3 Å². The van der Waals surface area contributed by atoms with E-state index >= 15 is 0 Å². The number of benzene rings is 2. The third-order valence-corrected chi connectivity index (χ3v) is 4.93. The highest BCUT2D eigenvalue weighted by atomic mass is 35.5. The van der Waals surface area contributed by atoms with Crippen LogP contribution in [0.4, 0.5) is 4.39 Å². The van der Waals surface area contributed by atoms with Gasteiger partial charge in [0.1, 0.15) is 17.5 Å². The van der Waals surface area contributed by atoms with E-state index in [4.69, 9.17) is 16.3 Å². The monoisotopic (exact) mass is 428 g/mol. The highest BCUT2D eigenvalue weighted by Crippen LogP contribution is 2.16. The largest absolute Gasteiger partial charge is 0.389 e. The molecule has 2 aromatic carbocycles. The topological polar surface area (TPSA) is 82.2 Å². The van der Waals surface area contributed by atoms with Gasteiger partial charge in [0.05, 0.1) is 37.7 Å². The molecule has 1 unspecified atom stereocenters.